The highest BCUT2D eigenvalue weighted by molar-refractivity contribution is 14.1. The van der Waals surface area contributed by atoms with Gasteiger partial charge in [0, 0.05) is 12.5 Å². The van der Waals surface area contributed by atoms with Gasteiger partial charge in [-0.25, -0.2) is 0 Å². The third-order valence-corrected chi connectivity index (χ3v) is 5.84. The number of aliphatic hydroxyl groups excluding tert-OH is 2. The first-order valence-corrected chi connectivity index (χ1v) is 11.0. The van der Waals surface area contributed by atoms with Gasteiger partial charge in [-0.05, 0) is 58.0 Å². The molecule has 0 bridgehead atoms. The van der Waals surface area contributed by atoms with E-state index in [1.54, 1.807) is 7.11 Å². The van der Waals surface area contributed by atoms with Gasteiger partial charge in [-0.3, -0.25) is 0 Å². The number of benzene rings is 2. The topological polar surface area (TPSA) is 68.2 Å². The van der Waals surface area contributed by atoms with E-state index in [1.165, 1.54) is 0 Å². The van der Waals surface area contributed by atoms with Crippen LogP contribution in [0, 0.1) is 3.57 Å². The molecule has 0 saturated carbocycles. The monoisotopic (exact) mass is 534 g/mol. The minimum Gasteiger partial charge on any atom is -0.491 e. The standard InChI is InChI=1S/C22H28ClIO5/c1-22(2,15-4-7-19(8-5-15)28-14-18(26)12-27-3)16-6-9-21(20(24)10-16)29-13-17(25)11-23/h4-10,17-18,25-26H,11-14H2,1-3H3/t17?,18-/m0/s1. The average Bonchev–Trinajstić information content (AvgIpc) is 2.71. The van der Waals surface area contributed by atoms with Gasteiger partial charge in [-0.15, -0.1) is 11.6 Å². The molecule has 0 fully saturated rings. The Morgan fingerprint density at radius 2 is 1.55 bits per heavy atom. The second-order valence-corrected chi connectivity index (χ2v) is 8.80. The van der Waals surface area contributed by atoms with Crippen LogP contribution in [0.25, 0.3) is 0 Å². The third-order valence-electron chi connectivity index (χ3n) is 4.64. The Labute approximate surface area is 191 Å². The summed E-state index contributed by atoms with van der Waals surface area (Å²) in [6, 6.07) is 13.9. The van der Waals surface area contributed by atoms with Crippen LogP contribution in [0.1, 0.15) is 25.0 Å². The summed E-state index contributed by atoms with van der Waals surface area (Å²) in [5.74, 6) is 1.58. The quantitative estimate of drug-likeness (QED) is 0.337. The van der Waals surface area contributed by atoms with Crippen LogP contribution in [0.2, 0.25) is 0 Å². The molecule has 0 spiro atoms. The lowest BCUT2D eigenvalue weighted by molar-refractivity contribution is 0.0325. The summed E-state index contributed by atoms with van der Waals surface area (Å²) < 4.78 is 17.1. The van der Waals surface area contributed by atoms with Gasteiger partial charge < -0.3 is 24.4 Å². The minimum absolute atomic E-state index is 0.146. The van der Waals surface area contributed by atoms with Crippen molar-refractivity contribution in [2.75, 3.05) is 32.8 Å². The fourth-order valence-corrected chi connectivity index (χ4v) is 3.56. The Kier molecular flexibility index (Phi) is 9.49. The summed E-state index contributed by atoms with van der Waals surface area (Å²) in [7, 11) is 1.54. The number of alkyl halides is 1. The first-order chi connectivity index (χ1) is 13.8. The molecule has 2 aromatic carbocycles. The van der Waals surface area contributed by atoms with Crippen LogP contribution in [-0.2, 0) is 10.2 Å². The molecule has 7 heteroatoms. The van der Waals surface area contributed by atoms with Crippen LogP contribution in [0.5, 0.6) is 11.5 Å². The minimum atomic E-state index is -0.681. The van der Waals surface area contributed by atoms with Crippen LogP contribution in [0.4, 0.5) is 0 Å². The van der Waals surface area contributed by atoms with E-state index in [0.29, 0.717) is 5.75 Å². The van der Waals surface area contributed by atoms with E-state index < -0.39 is 12.2 Å². The van der Waals surface area contributed by atoms with E-state index in [0.717, 1.165) is 20.4 Å². The number of ether oxygens (including phenoxy) is 3. The van der Waals surface area contributed by atoms with Gasteiger partial charge in [0.25, 0.3) is 0 Å². The lowest BCUT2D eigenvalue weighted by Crippen LogP contribution is -2.23. The molecule has 0 amide bonds. The van der Waals surface area contributed by atoms with Gasteiger partial charge in [0.2, 0.25) is 0 Å². The summed E-state index contributed by atoms with van der Waals surface area (Å²) >= 11 is 7.85. The van der Waals surface area contributed by atoms with E-state index in [1.807, 2.05) is 36.4 Å². The number of hydrogen-bond acceptors (Lipinski definition) is 5. The molecule has 1 unspecified atom stereocenters. The maximum Gasteiger partial charge on any atom is 0.132 e. The number of halogens is 2. The van der Waals surface area contributed by atoms with Crippen molar-refractivity contribution in [3.8, 4) is 11.5 Å². The maximum absolute atomic E-state index is 9.69. The maximum atomic E-state index is 9.69. The van der Waals surface area contributed by atoms with Gasteiger partial charge in [0.05, 0.1) is 16.1 Å². The van der Waals surface area contributed by atoms with Crippen molar-refractivity contribution in [1.82, 2.24) is 0 Å². The number of hydrogen-bond donors (Lipinski definition) is 2. The molecular formula is C22H28ClIO5. The Bertz CT molecular complexity index is 766. The number of aliphatic hydroxyl groups is 2. The summed E-state index contributed by atoms with van der Waals surface area (Å²) in [5.41, 5.74) is 2.07. The molecule has 0 radical (unpaired) electrons. The van der Waals surface area contributed by atoms with Crippen molar-refractivity contribution >= 4 is 34.2 Å². The highest BCUT2D eigenvalue weighted by Gasteiger charge is 2.24. The van der Waals surface area contributed by atoms with E-state index in [9.17, 15) is 10.2 Å². The second kappa shape index (κ2) is 11.4. The van der Waals surface area contributed by atoms with Crippen molar-refractivity contribution in [2.24, 2.45) is 0 Å². The molecule has 0 heterocycles. The lowest BCUT2D eigenvalue weighted by atomic mass is 9.78. The summed E-state index contributed by atoms with van der Waals surface area (Å²) in [6.07, 6.45) is -1.33. The van der Waals surface area contributed by atoms with Crippen molar-refractivity contribution < 1.29 is 24.4 Å². The SMILES string of the molecule is COC[C@H](O)COc1ccc(C(C)(C)c2ccc(OCC(O)CCl)c(I)c2)cc1. The third kappa shape index (κ3) is 7.00. The molecule has 5 nitrogen and oxygen atoms in total. The smallest absolute Gasteiger partial charge is 0.132 e. The first kappa shape index (κ1) is 24.2. The summed E-state index contributed by atoms with van der Waals surface area (Å²) in [4.78, 5) is 0. The van der Waals surface area contributed by atoms with Crippen LogP contribution < -0.4 is 9.47 Å². The Hall–Kier alpha value is -1.06. The molecule has 29 heavy (non-hydrogen) atoms. The zero-order valence-corrected chi connectivity index (χ0v) is 19.8. The summed E-state index contributed by atoms with van der Waals surface area (Å²) in [6.45, 7) is 4.93. The van der Waals surface area contributed by atoms with Gasteiger partial charge in [-0.2, -0.15) is 0 Å². The van der Waals surface area contributed by atoms with Crippen molar-refractivity contribution in [3.63, 3.8) is 0 Å². The summed E-state index contributed by atoms with van der Waals surface area (Å²) in [5, 5.41) is 19.3. The van der Waals surface area contributed by atoms with Crippen molar-refractivity contribution in [2.45, 2.75) is 31.5 Å². The van der Waals surface area contributed by atoms with Crippen LogP contribution in [0.15, 0.2) is 42.5 Å². The van der Waals surface area contributed by atoms with Gasteiger partial charge >= 0.3 is 0 Å². The van der Waals surface area contributed by atoms with E-state index in [2.05, 4.69) is 42.5 Å². The number of rotatable bonds is 11. The largest absolute Gasteiger partial charge is 0.491 e. The molecule has 2 aromatic rings. The Morgan fingerprint density at radius 3 is 2.14 bits per heavy atom. The molecule has 160 valence electrons. The fourth-order valence-electron chi connectivity index (χ4n) is 2.80. The molecule has 2 N–H and O–H groups in total. The Balaban J connectivity index is 2.08. The van der Waals surface area contributed by atoms with Gasteiger partial charge in [-0.1, -0.05) is 32.0 Å². The Morgan fingerprint density at radius 1 is 0.931 bits per heavy atom. The normalized spacial score (nSPS) is 13.8. The fraction of sp³-hybridized carbons (Fsp3) is 0.455. The predicted molar refractivity (Wildman–Crippen MR) is 123 cm³/mol. The zero-order valence-electron chi connectivity index (χ0n) is 16.9. The average molecular weight is 535 g/mol. The van der Waals surface area contributed by atoms with E-state index >= 15 is 0 Å². The number of methoxy groups -OCH3 is 1. The second-order valence-electron chi connectivity index (χ2n) is 7.33. The molecule has 0 aliphatic heterocycles. The highest BCUT2D eigenvalue weighted by Crippen LogP contribution is 2.35. The van der Waals surface area contributed by atoms with Crippen LogP contribution in [-0.4, -0.2) is 55.2 Å². The van der Waals surface area contributed by atoms with Crippen molar-refractivity contribution in [1.29, 1.82) is 0 Å². The lowest BCUT2D eigenvalue weighted by Gasteiger charge is -2.27. The predicted octanol–water partition coefficient (Wildman–Crippen LogP) is 3.98. The van der Waals surface area contributed by atoms with Gasteiger partial charge in [0.1, 0.15) is 36.9 Å². The first-order valence-electron chi connectivity index (χ1n) is 9.35. The molecule has 2 atom stereocenters. The molecule has 0 aliphatic carbocycles. The molecule has 0 aliphatic rings. The van der Waals surface area contributed by atoms with Crippen molar-refractivity contribution in [3.05, 3.63) is 57.2 Å². The molecular weight excluding hydrogens is 507 g/mol. The van der Waals surface area contributed by atoms with Gasteiger partial charge in [0.15, 0.2) is 0 Å². The van der Waals surface area contributed by atoms with E-state index in [-0.39, 0.29) is 31.1 Å². The van der Waals surface area contributed by atoms with Crippen LogP contribution in [0.3, 0.4) is 0 Å². The molecule has 0 aromatic heterocycles. The molecule has 2 rings (SSSR count). The zero-order chi connectivity index (χ0) is 21.4. The molecule has 0 saturated heterocycles. The van der Waals surface area contributed by atoms with Crippen LogP contribution >= 0.6 is 34.2 Å². The van der Waals surface area contributed by atoms with E-state index in [4.69, 9.17) is 25.8 Å². The highest BCUT2D eigenvalue weighted by atomic mass is 127.